The van der Waals surface area contributed by atoms with Crippen molar-refractivity contribution in [3.63, 3.8) is 0 Å². The fraction of sp³-hybridized carbons (Fsp3) is 0.600. The summed E-state index contributed by atoms with van der Waals surface area (Å²) in [5.74, 6) is 0. The summed E-state index contributed by atoms with van der Waals surface area (Å²) in [5.41, 5.74) is 2.87. The van der Waals surface area contributed by atoms with Gasteiger partial charge in [0.2, 0.25) is 0 Å². The average Bonchev–Trinajstić information content (AvgIpc) is 3.42. The predicted molar refractivity (Wildman–Crippen MR) is 124 cm³/mol. The smallest absolute Gasteiger partial charge is 0.426 e. The number of rotatable bonds is 5. The number of likely N-dealkylation sites (tertiary alicyclic amines) is 2. The molecule has 1 aromatic carbocycles. The molecular weight excluding hydrogens is 502 g/mol. The molecule has 2 aliphatic heterocycles. The molecular formula is C25H30F6N4O2. The fourth-order valence-electron chi connectivity index (χ4n) is 5.12. The van der Waals surface area contributed by atoms with Crippen molar-refractivity contribution in [1.29, 1.82) is 0 Å². The number of amides is 1. The van der Waals surface area contributed by atoms with Gasteiger partial charge in [-0.1, -0.05) is 30.3 Å². The molecule has 2 fully saturated rings. The highest BCUT2D eigenvalue weighted by atomic mass is 19.4. The van der Waals surface area contributed by atoms with Crippen LogP contribution in [0.4, 0.5) is 31.1 Å². The van der Waals surface area contributed by atoms with E-state index in [1.165, 1.54) is 0 Å². The number of hydrogen-bond donors (Lipinski definition) is 0. The topological polar surface area (TPSA) is 50.6 Å². The summed E-state index contributed by atoms with van der Waals surface area (Å²) < 4.78 is 82.4. The summed E-state index contributed by atoms with van der Waals surface area (Å²) in [7, 11) is 0. The molecule has 0 N–H and O–H groups in total. The second-order valence-corrected chi connectivity index (χ2v) is 10.2. The average molecular weight is 533 g/mol. The van der Waals surface area contributed by atoms with Crippen LogP contribution in [-0.4, -0.2) is 70.3 Å². The van der Waals surface area contributed by atoms with E-state index in [0.29, 0.717) is 19.4 Å². The highest BCUT2D eigenvalue weighted by Gasteiger charge is 2.60. The van der Waals surface area contributed by atoms with Gasteiger partial charge < -0.3 is 9.64 Å². The lowest BCUT2D eigenvalue weighted by Crippen LogP contribution is -2.50. The molecule has 0 unspecified atom stereocenters. The van der Waals surface area contributed by atoms with Crippen LogP contribution >= 0.6 is 0 Å². The molecule has 0 aliphatic carbocycles. The third-order valence-electron chi connectivity index (χ3n) is 7.19. The maximum atomic E-state index is 12.8. The Morgan fingerprint density at radius 1 is 1.00 bits per heavy atom. The molecule has 2 saturated heterocycles. The minimum atomic E-state index is -5.72. The van der Waals surface area contributed by atoms with Gasteiger partial charge in [-0.15, -0.1) is 0 Å². The van der Waals surface area contributed by atoms with Crippen LogP contribution in [0.15, 0.2) is 36.5 Å². The number of nitrogens with zero attached hydrogens (tertiary/aromatic N) is 4. The Morgan fingerprint density at radius 2 is 1.59 bits per heavy atom. The summed E-state index contributed by atoms with van der Waals surface area (Å²) in [6.07, 6.45) is -13.3. The third kappa shape index (κ3) is 6.22. The first-order valence-electron chi connectivity index (χ1n) is 12.2. The molecule has 1 amide bonds. The standard InChI is InChI=1S/C25H30F6N4O2/c1-17(2)35-15-19(20(32-35)18-6-4-3-5-7-18)14-33-11-8-23(16-33)9-12-34(13-10-23)22(36)37-21(24(26,27)28)25(29,30)31/h3-7,15,17,21H,8-14,16H2,1-2H3. The lowest BCUT2D eigenvalue weighted by Gasteiger charge is -2.39. The highest BCUT2D eigenvalue weighted by Crippen LogP contribution is 2.42. The van der Waals surface area contributed by atoms with E-state index in [9.17, 15) is 31.1 Å². The monoisotopic (exact) mass is 532 g/mol. The Morgan fingerprint density at radius 3 is 2.16 bits per heavy atom. The lowest BCUT2D eigenvalue weighted by molar-refractivity contribution is -0.308. The molecule has 37 heavy (non-hydrogen) atoms. The molecule has 2 aromatic rings. The molecule has 2 aliphatic rings. The molecule has 0 radical (unpaired) electrons. The molecule has 1 spiro atoms. The zero-order chi connectivity index (χ0) is 27.0. The predicted octanol–water partition coefficient (Wildman–Crippen LogP) is 6.05. The molecule has 4 rings (SSSR count). The number of aromatic nitrogens is 2. The van der Waals surface area contributed by atoms with Crippen molar-refractivity contribution in [2.75, 3.05) is 26.2 Å². The highest BCUT2D eigenvalue weighted by molar-refractivity contribution is 5.68. The number of benzene rings is 1. The van der Waals surface area contributed by atoms with Crippen LogP contribution in [0.3, 0.4) is 0 Å². The van der Waals surface area contributed by atoms with Gasteiger partial charge in [0.25, 0.3) is 6.10 Å². The van der Waals surface area contributed by atoms with Gasteiger partial charge in [-0.2, -0.15) is 31.4 Å². The summed E-state index contributed by atoms with van der Waals surface area (Å²) in [6.45, 7) is 6.41. The Bertz CT molecular complexity index is 1060. The van der Waals surface area contributed by atoms with Crippen LogP contribution in [0.2, 0.25) is 0 Å². The normalized spacial score (nSPS) is 18.8. The van der Waals surface area contributed by atoms with Crippen molar-refractivity contribution in [3.8, 4) is 11.3 Å². The molecule has 3 heterocycles. The second kappa shape index (κ2) is 10.2. The molecule has 204 valence electrons. The summed E-state index contributed by atoms with van der Waals surface area (Å²) >= 11 is 0. The van der Waals surface area contributed by atoms with Crippen LogP contribution in [0, 0.1) is 5.41 Å². The van der Waals surface area contributed by atoms with E-state index < -0.39 is 24.5 Å². The summed E-state index contributed by atoms with van der Waals surface area (Å²) in [4.78, 5) is 15.4. The Labute approximate surface area is 211 Å². The number of hydrogen-bond acceptors (Lipinski definition) is 4. The van der Waals surface area contributed by atoms with E-state index in [1.807, 2.05) is 41.2 Å². The first kappa shape index (κ1) is 27.3. The van der Waals surface area contributed by atoms with Crippen molar-refractivity contribution < 1.29 is 35.9 Å². The van der Waals surface area contributed by atoms with E-state index >= 15 is 0 Å². The zero-order valence-corrected chi connectivity index (χ0v) is 20.6. The van der Waals surface area contributed by atoms with Gasteiger partial charge >= 0.3 is 18.4 Å². The molecule has 1 aromatic heterocycles. The number of piperidine rings is 1. The number of carbonyl (C=O) groups excluding carboxylic acids is 1. The SMILES string of the molecule is CC(C)n1cc(CN2CCC3(CCN(C(=O)OC(C(F)(F)F)C(F)(F)F)CC3)C2)c(-c2ccccc2)n1. The van der Waals surface area contributed by atoms with Gasteiger partial charge in [-0.05, 0) is 45.1 Å². The maximum Gasteiger partial charge on any atom is 0.434 e. The maximum absolute atomic E-state index is 12.8. The van der Waals surface area contributed by atoms with Gasteiger partial charge in [0.05, 0.1) is 5.69 Å². The number of halogens is 6. The largest absolute Gasteiger partial charge is 0.434 e. The summed E-state index contributed by atoms with van der Waals surface area (Å²) in [5, 5.41) is 4.79. The zero-order valence-electron chi connectivity index (χ0n) is 20.6. The first-order chi connectivity index (χ1) is 17.3. The molecule has 6 nitrogen and oxygen atoms in total. The van der Waals surface area contributed by atoms with Crippen molar-refractivity contribution in [1.82, 2.24) is 19.6 Å². The van der Waals surface area contributed by atoms with Crippen LogP contribution in [-0.2, 0) is 11.3 Å². The fourth-order valence-corrected chi connectivity index (χ4v) is 5.12. The van der Waals surface area contributed by atoms with Crippen molar-refractivity contribution in [2.24, 2.45) is 5.41 Å². The Hall–Kier alpha value is -2.76. The van der Waals surface area contributed by atoms with E-state index in [2.05, 4.69) is 23.5 Å². The quantitative estimate of drug-likeness (QED) is 0.440. The third-order valence-corrected chi connectivity index (χ3v) is 7.19. The van der Waals surface area contributed by atoms with Crippen molar-refractivity contribution in [2.45, 2.75) is 64.2 Å². The van der Waals surface area contributed by atoms with Crippen LogP contribution in [0.1, 0.15) is 44.7 Å². The van der Waals surface area contributed by atoms with Gasteiger partial charge in [0.15, 0.2) is 0 Å². The number of ether oxygens (including phenoxy) is 1. The summed E-state index contributed by atoms with van der Waals surface area (Å²) in [6, 6.07) is 10.1. The van der Waals surface area contributed by atoms with Crippen LogP contribution in [0.25, 0.3) is 11.3 Å². The minimum Gasteiger partial charge on any atom is -0.426 e. The number of alkyl halides is 6. The number of carbonyl (C=O) groups is 1. The molecule has 12 heteroatoms. The Balaban J connectivity index is 1.38. The van der Waals surface area contributed by atoms with E-state index in [-0.39, 0.29) is 24.5 Å². The van der Waals surface area contributed by atoms with E-state index in [4.69, 9.17) is 5.10 Å². The molecule has 0 atom stereocenters. The molecule has 0 saturated carbocycles. The van der Waals surface area contributed by atoms with Gasteiger partial charge in [-0.3, -0.25) is 9.58 Å². The Kier molecular flexibility index (Phi) is 7.51. The lowest BCUT2D eigenvalue weighted by atomic mass is 9.78. The van der Waals surface area contributed by atoms with Crippen LogP contribution in [0.5, 0.6) is 0 Å². The van der Waals surface area contributed by atoms with Crippen LogP contribution < -0.4 is 0 Å². The van der Waals surface area contributed by atoms with Gasteiger partial charge in [-0.25, -0.2) is 4.79 Å². The van der Waals surface area contributed by atoms with E-state index in [0.717, 1.165) is 41.2 Å². The first-order valence-corrected chi connectivity index (χ1v) is 12.2. The van der Waals surface area contributed by atoms with Gasteiger partial charge in [0, 0.05) is 49.5 Å². The van der Waals surface area contributed by atoms with E-state index in [1.54, 1.807) is 0 Å². The van der Waals surface area contributed by atoms with Crippen molar-refractivity contribution >= 4 is 6.09 Å². The molecule has 0 bridgehead atoms. The van der Waals surface area contributed by atoms with Gasteiger partial charge in [0.1, 0.15) is 0 Å². The second-order valence-electron chi connectivity index (χ2n) is 10.2. The minimum absolute atomic E-state index is 0.0512. The van der Waals surface area contributed by atoms with Crippen molar-refractivity contribution in [3.05, 3.63) is 42.1 Å².